The molecule has 11 nitrogen and oxygen atoms in total. The average Bonchev–Trinajstić information content (AvgIpc) is 3.05. The van der Waals surface area contributed by atoms with E-state index in [2.05, 4.69) is 36.7 Å². The minimum Gasteiger partial charge on any atom is -0.387 e. The zero-order chi connectivity index (χ0) is 15.7. The molecular formula is C11H14N6O5. The number of aliphatic hydroxyl groups is 2. The number of rotatable bonds is 5. The van der Waals surface area contributed by atoms with Crippen LogP contribution in [0.15, 0.2) is 17.8 Å². The first-order valence-electron chi connectivity index (χ1n) is 6.32. The highest BCUT2D eigenvalue weighted by molar-refractivity contribution is 5.81. The Hall–Kier alpha value is -2.34. The van der Waals surface area contributed by atoms with E-state index in [0.717, 1.165) is 0 Å². The number of fused-ring (bicyclic) bond motifs is 1. The molecule has 0 bridgehead atoms. The predicted molar refractivity (Wildman–Crippen MR) is 72.2 cm³/mol. The van der Waals surface area contributed by atoms with Crippen molar-refractivity contribution < 1.29 is 24.8 Å². The van der Waals surface area contributed by atoms with E-state index < -0.39 is 24.5 Å². The smallest absolute Gasteiger partial charge is 0.167 e. The van der Waals surface area contributed by atoms with Gasteiger partial charge in [0.2, 0.25) is 0 Å². The number of aliphatic hydroxyl groups excluding tert-OH is 2. The standard InChI is InChI=1S/C11H14N6O5/c1-13-22-20-2-5-7(18)8(19)11(21-5)17-4-16-6-9(12)14-3-15-10(6)17/h3-5,7-8,11,18-19H,1-2H2,(H2,12,14,15)/t5-,7-,8-,11-/m1/s1. The summed E-state index contributed by atoms with van der Waals surface area (Å²) < 4.78 is 7.05. The Morgan fingerprint density at radius 1 is 1.36 bits per heavy atom. The summed E-state index contributed by atoms with van der Waals surface area (Å²) in [6.45, 7) is 2.93. The van der Waals surface area contributed by atoms with Gasteiger partial charge in [0.15, 0.2) is 17.7 Å². The molecule has 1 saturated heterocycles. The number of ether oxygens (including phenoxy) is 1. The van der Waals surface area contributed by atoms with Gasteiger partial charge in [-0.3, -0.25) is 4.57 Å². The van der Waals surface area contributed by atoms with Gasteiger partial charge in [-0.05, 0) is 0 Å². The molecule has 0 aromatic carbocycles. The summed E-state index contributed by atoms with van der Waals surface area (Å²) in [6.07, 6.45) is -1.44. The van der Waals surface area contributed by atoms with E-state index in [1.165, 1.54) is 17.2 Å². The Bertz CT molecular complexity index is 678. The number of nitrogen functional groups attached to an aromatic ring is 1. The lowest BCUT2D eigenvalue weighted by Crippen LogP contribution is -2.33. The Balaban J connectivity index is 1.84. The normalized spacial score (nSPS) is 28.1. The number of hydrogen-bond acceptors (Lipinski definition) is 10. The van der Waals surface area contributed by atoms with Gasteiger partial charge in [-0.25, -0.2) is 19.9 Å². The fourth-order valence-electron chi connectivity index (χ4n) is 2.29. The van der Waals surface area contributed by atoms with Crippen LogP contribution in [0.2, 0.25) is 0 Å². The molecule has 1 aliphatic rings. The largest absolute Gasteiger partial charge is 0.387 e. The van der Waals surface area contributed by atoms with Crippen LogP contribution in [-0.2, 0) is 14.6 Å². The molecule has 1 fully saturated rings. The quantitative estimate of drug-likeness (QED) is 0.262. The lowest BCUT2D eigenvalue weighted by atomic mass is 10.1. The van der Waals surface area contributed by atoms with Crippen LogP contribution in [0.1, 0.15) is 6.23 Å². The van der Waals surface area contributed by atoms with Crippen molar-refractivity contribution in [1.29, 1.82) is 0 Å². The minimum atomic E-state index is -1.21. The van der Waals surface area contributed by atoms with Gasteiger partial charge in [-0.15, -0.1) is 0 Å². The van der Waals surface area contributed by atoms with E-state index in [1.54, 1.807) is 0 Å². The van der Waals surface area contributed by atoms with Gasteiger partial charge < -0.3 is 20.7 Å². The van der Waals surface area contributed by atoms with Crippen molar-refractivity contribution in [3.05, 3.63) is 12.7 Å². The molecular weight excluding hydrogens is 296 g/mol. The molecule has 3 rings (SSSR count). The van der Waals surface area contributed by atoms with Gasteiger partial charge in [0.05, 0.1) is 6.33 Å². The van der Waals surface area contributed by atoms with Crippen LogP contribution in [0.5, 0.6) is 0 Å². The number of imidazole rings is 1. The lowest BCUT2D eigenvalue weighted by Gasteiger charge is -2.16. The second-order valence-corrected chi connectivity index (χ2v) is 4.62. The molecule has 3 heterocycles. The Morgan fingerprint density at radius 3 is 2.95 bits per heavy atom. The van der Waals surface area contributed by atoms with Crippen molar-refractivity contribution in [2.24, 2.45) is 5.16 Å². The summed E-state index contributed by atoms with van der Waals surface area (Å²) in [5.74, 6) is 0.210. The van der Waals surface area contributed by atoms with E-state index in [-0.39, 0.29) is 12.4 Å². The maximum absolute atomic E-state index is 10.2. The SMILES string of the molecule is C=NOOC[C@H]1O[C@@H](n2cnc3c(N)ncnc32)[C@H](O)[C@@H]1O. The summed E-state index contributed by atoms with van der Waals surface area (Å²) in [6, 6.07) is 0. The number of anilines is 1. The highest BCUT2D eigenvalue weighted by Gasteiger charge is 2.44. The molecule has 4 atom stereocenters. The monoisotopic (exact) mass is 310 g/mol. The number of oxime groups is 1. The van der Waals surface area contributed by atoms with E-state index in [4.69, 9.17) is 10.5 Å². The third-order valence-corrected chi connectivity index (χ3v) is 3.34. The van der Waals surface area contributed by atoms with Crippen molar-refractivity contribution in [1.82, 2.24) is 19.5 Å². The van der Waals surface area contributed by atoms with Crippen LogP contribution in [0, 0.1) is 0 Å². The molecule has 2 aromatic rings. The van der Waals surface area contributed by atoms with E-state index >= 15 is 0 Å². The first-order chi connectivity index (χ1) is 10.6. The number of nitrogens with zero attached hydrogens (tertiary/aromatic N) is 5. The number of nitrogens with two attached hydrogens (primary N) is 1. The lowest BCUT2D eigenvalue weighted by molar-refractivity contribution is -0.310. The van der Waals surface area contributed by atoms with Crippen molar-refractivity contribution in [3.8, 4) is 0 Å². The summed E-state index contributed by atoms with van der Waals surface area (Å²) in [5, 5.41) is 23.2. The number of aromatic nitrogens is 4. The molecule has 2 aromatic heterocycles. The van der Waals surface area contributed by atoms with E-state index in [0.29, 0.717) is 11.2 Å². The maximum atomic E-state index is 10.2. The Kier molecular flexibility index (Phi) is 3.85. The van der Waals surface area contributed by atoms with Crippen LogP contribution < -0.4 is 5.73 Å². The van der Waals surface area contributed by atoms with Crippen molar-refractivity contribution in [3.63, 3.8) is 0 Å². The summed E-state index contributed by atoms with van der Waals surface area (Å²) in [5.41, 5.74) is 6.47. The summed E-state index contributed by atoms with van der Waals surface area (Å²) in [7, 11) is 0. The van der Waals surface area contributed by atoms with Gasteiger partial charge in [-0.1, -0.05) is 5.16 Å². The van der Waals surface area contributed by atoms with E-state index in [9.17, 15) is 10.2 Å². The first kappa shape index (κ1) is 14.6. The topological polar surface area (TPSA) is 150 Å². The Labute approximate surface area is 123 Å². The molecule has 118 valence electrons. The molecule has 0 amide bonds. The van der Waals surface area contributed by atoms with Crippen molar-refractivity contribution in [2.75, 3.05) is 12.3 Å². The predicted octanol–water partition coefficient (Wildman–Crippen LogP) is -1.41. The van der Waals surface area contributed by atoms with Crippen LogP contribution >= 0.6 is 0 Å². The second-order valence-electron chi connectivity index (χ2n) is 4.62. The highest BCUT2D eigenvalue weighted by atomic mass is 17.3. The van der Waals surface area contributed by atoms with Gasteiger partial charge in [-0.2, -0.15) is 4.89 Å². The molecule has 0 radical (unpaired) electrons. The van der Waals surface area contributed by atoms with Gasteiger partial charge in [0.1, 0.15) is 36.8 Å². The van der Waals surface area contributed by atoms with Gasteiger partial charge >= 0.3 is 0 Å². The van der Waals surface area contributed by atoms with Gasteiger partial charge in [0, 0.05) is 6.72 Å². The molecule has 4 N–H and O–H groups in total. The molecule has 0 aliphatic carbocycles. The minimum absolute atomic E-state index is 0.141. The van der Waals surface area contributed by atoms with Crippen LogP contribution in [0.3, 0.4) is 0 Å². The molecule has 1 aliphatic heterocycles. The molecule has 0 spiro atoms. The highest BCUT2D eigenvalue weighted by Crippen LogP contribution is 2.32. The van der Waals surface area contributed by atoms with Crippen LogP contribution in [0.25, 0.3) is 11.2 Å². The van der Waals surface area contributed by atoms with Crippen molar-refractivity contribution >= 4 is 23.7 Å². The van der Waals surface area contributed by atoms with Gasteiger partial charge in [0.25, 0.3) is 0 Å². The second kappa shape index (κ2) is 5.81. The van der Waals surface area contributed by atoms with Crippen LogP contribution in [0.4, 0.5) is 5.82 Å². The summed E-state index contributed by atoms with van der Waals surface area (Å²) in [4.78, 5) is 20.9. The zero-order valence-corrected chi connectivity index (χ0v) is 11.3. The third-order valence-electron chi connectivity index (χ3n) is 3.34. The summed E-state index contributed by atoms with van der Waals surface area (Å²) >= 11 is 0. The zero-order valence-electron chi connectivity index (χ0n) is 11.3. The molecule has 0 saturated carbocycles. The molecule has 22 heavy (non-hydrogen) atoms. The molecule has 0 unspecified atom stereocenters. The first-order valence-corrected chi connectivity index (χ1v) is 6.32. The third kappa shape index (κ3) is 2.35. The Morgan fingerprint density at radius 2 is 2.18 bits per heavy atom. The number of hydrogen-bond donors (Lipinski definition) is 3. The van der Waals surface area contributed by atoms with Crippen LogP contribution in [-0.4, -0.2) is 61.4 Å². The maximum Gasteiger partial charge on any atom is 0.167 e. The molecule has 11 heteroatoms. The fraction of sp³-hybridized carbons (Fsp3) is 0.455. The average molecular weight is 310 g/mol. The van der Waals surface area contributed by atoms with Crippen molar-refractivity contribution in [2.45, 2.75) is 24.5 Å². The fourth-order valence-corrected chi connectivity index (χ4v) is 2.29. The van der Waals surface area contributed by atoms with E-state index in [1.807, 2.05) is 0 Å².